The number of hydrogen-bond acceptors (Lipinski definition) is 2. The molecule has 3 N–H and O–H groups in total. The molecule has 0 aromatic heterocycles. The van der Waals surface area contributed by atoms with E-state index in [1.54, 1.807) is 0 Å². The van der Waals surface area contributed by atoms with E-state index in [-0.39, 0.29) is 5.91 Å². The second-order valence-electron chi connectivity index (χ2n) is 5.61. The van der Waals surface area contributed by atoms with Gasteiger partial charge in [-0.1, -0.05) is 26.7 Å². The maximum Gasteiger partial charge on any atom is 0.220 e. The van der Waals surface area contributed by atoms with Gasteiger partial charge in [0.15, 0.2) is 0 Å². The third kappa shape index (κ3) is 5.07. The smallest absolute Gasteiger partial charge is 0.220 e. The van der Waals surface area contributed by atoms with E-state index >= 15 is 0 Å². The number of unbranched alkanes of at least 4 members (excludes halogenated alkanes) is 1. The molecule has 0 aliphatic heterocycles. The summed E-state index contributed by atoms with van der Waals surface area (Å²) in [5, 5.41) is 3.23. The van der Waals surface area contributed by atoms with Crippen LogP contribution in [0.5, 0.6) is 0 Å². The molecule has 0 saturated heterocycles. The average Bonchev–Trinajstić information content (AvgIpc) is 2.29. The molecule has 0 aromatic rings. The number of carbonyl (C=O) groups excluding carboxylic acids is 1. The molecule has 1 aliphatic rings. The van der Waals surface area contributed by atoms with Crippen molar-refractivity contribution < 1.29 is 4.79 Å². The van der Waals surface area contributed by atoms with E-state index in [2.05, 4.69) is 19.2 Å². The first-order valence-electron chi connectivity index (χ1n) is 7.14. The van der Waals surface area contributed by atoms with E-state index in [4.69, 9.17) is 5.73 Å². The van der Waals surface area contributed by atoms with Gasteiger partial charge >= 0.3 is 0 Å². The highest BCUT2D eigenvalue weighted by atomic mass is 16.1. The molecule has 1 rings (SSSR count). The van der Waals surface area contributed by atoms with Crippen molar-refractivity contribution >= 4 is 5.91 Å². The molecular formula is C14H28N2O. The molecule has 2 atom stereocenters. The first kappa shape index (κ1) is 14.5. The van der Waals surface area contributed by atoms with Crippen molar-refractivity contribution in [3.05, 3.63) is 0 Å². The Morgan fingerprint density at radius 2 is 2.00 bits per heavy atom. The Kier molecular flexibility index (Phi) is 6.56. The highest BCUT2D eigenvalue weighted by molar-refractivity contribution is 5.76. The average molecular weight is 240 g/mol. The maximum absolute atomic E-state index is 11.8. The van der Waals surface area contributed by atoms with E-state index in [1.807, 2.05) is 0 Å². The van der Waals surface area contributed by atoms with Crippen molar-refractivity contribution in [1.82, 2.24) is 5.32 Å². The molecule has 1 saturated carbocycles. The minimum atomic E-state index is 0.219. The monoisotopic (exact) mass is 240 g/mol. The van der Waals surface area contributed by atoms with Crippen LogP contribution in [-0.4, -0.2) is 18.5 Å². The van der Waals surface area contributed by atoms with Gasteiger partial charge in [0.2, 0.25) is 5.91 Å². The molecule has 3 heteroatoms. The molecule has 2 unspecified atom stereocenters. The molecule has 17 heavy (non-hydrogen) atoms. The van der Waals surface area contributed by atoms with Crippen LogP contribution < -0.4 is 11.1 Å². The van der Waals surface area contributed by atoms with Crippen LogP contribution >= 0.6 is 0 Å². The van der Waals surface area contributed by atoms with Crippen LogP contribution in [0.1, 0.15) is 58.8 Å². The summed E-state index contributed by atoms with van der Waals surface area (Å²) in [6, 6.07) is 0.411. The predicted molar refractivity (Wildman–Crippen MR) is 71.6 cm³/mol. The number of amides is 1. The molecule has 0 radical (unpaired) electrons. The lowest BCUT2D eigenvalue weighted by molar-refractivity contribution is -0.122. The first-order chi connectivity index (χ1) is 8.15. The summed E-state index contributed by atoms with van der Waals surface area (Å²) < 4.78 is 0. The zero-order valence-corrected chi connectivity index (χ0v) is 11.4. The fourth-order valence-corrected chi connectivity index (χ4v) is 2.85. The molecule has 0 heterocycles. The Morgan fingerprint density at radius 1 is 1.29 bits per heavy atom. The standard InChI is InChI=1S/C14H28N2O/c1-11(2)12-7-3-4-8-13(12)16-14(17)9-5-6-10-15/h11-13H,3-10,15H2,1-2H3,(H,16,17). The van der Waals surface area contributed by atoms with Gasteiger partial charge in [-0.25, -0.2) is 0 Å². The lowest BCUT2D eigenvalue weighted by Crippen LogP contribution is -2.43. The highest BCUT2D eigenvalue weighted by Crippen LogP contribution is 2.30. The van der Waals surface area contributed by atoms with Gasteiger partial charge in [0.25, 0.3) is 0 Å². The normalized spacial score (nSPS) is 24.9. The van der Waals surface area contributed by atoms with Crippen molar-refractivity contribution in [3.63, 3.8) is 0 Å². The molecule has 1 amide bonds. The van der Waals surface area contributed by atoms with E-state index in [9.17, 15) is 4.79 Å². The Morgan fingerprint density at radius 3 is 2.65 bits per heavy atom. The summed E-state index contributed by atoms with van der Waals surface area (Å²) in [5.74, 6) is 1.56. The van der Waals surface area contributed by atoms with Crippen LogP contribution in [0.3, 0.4) is 0 Å². The van der Waals surface area contributed by atoms with Gasteiger partial charge < -0.3 is 11.1 Å². The molecule has 0 aromatic carbocycles. The Hall–Kier alpha value is -0.570. The van der Waals surface area contributed by atoms with Gasteiger partial charge in [0.05, 0.1) is 0 Å². The van der Waals surface area contributed by atoms with Gasteiger partial charge in [0.1, 0.15) is 0 Å². The van der Waals surface area contributed by atoms with Gasteiger partial charge in [-0.15, -0.1) is 0 Å². The Bertz CT molecular complexity index is 228. The third-order valence-electron chi connectivity index (χ3n) is 3.88. The lowest BCUT2D eigenvalue weighted by Gasteiger charge is -2.34. The van der Waals surface area contributed by atoms with E-state index in [0.29, 0.717) is 30.8 Å². The molecule has 0 bridgehead atoms. The number of nitrogens with one attached hydrogen (secondary N) is 1. The van der Waals surface area contributed by atoms with Gasteiger partial charge in [-0.3, -0.25) is 4.79 Å². The summed E-state index contributed by atoms with van der Waals surface area (Å²) in [4.78, 5) is 11.8. The van der Waals surface area contributed by atoms with E-state index in [1.165, 1.54) is 19.3 Å². The zero-order valence-electron chi connectivity index (χ0n) is 11.4. The first-order valence-corrected chi connectivity index (χ1v) is 7.14. The summed E-state index contributed by atoms with van der Waals surface area (Å²) in [6.07, 6.45) is 7.52. The van der Waals surface area contributed by atoms with Crippen molar-refractivity contribution in [1.29, 1.82) is 0 Å². The molecule has 100 valence electrons. The SMILES string of the molecule is CC(C)C1CCCCC1NC(=O)CCCCN. The fraction of sp³-hybridized carbons (Fsp3) is 0.929. The lowest BCUT2D eigenvalue weighted by atomic mass is 9.78. The van der Waals surface area contributed by atoms with Crippen molar-refractivity contribution in [2.24, 2.45) is 17.6 Å². The number of nitrogens with two attached hydrogens (primary N) is 1. The Balaban J connectivity index is 2.34. The molecule has 3 nitrogen and oxygen atoms in total. The number of rotatable bonds is 6. The maximum atomic E-state index is 11.8. The van der Waals surface area contributed by atoms with Crippen molar-refractivity contribution in [2.45, 2.75) is 64.8 Å². The minimum Gasteiger partial charge on any atom is -0.353 e. The summed E-state index contributed by atoms with van der Waals surface area (Å²) in [7, 11) is 0. The number of carbonyl (C=O) groups is 1. The highest BCUT2D eigenvalue weighted by Gasteiger charge is 2.28. The molecular weight excluding hydrogens is 212 g/mol. The van der Waals surface area contributed by atoms with Gasteiger partial charge in [0, 0.05) is 12.5 Å². The quantitative estimate of drug-likeness (QED) is 0.701. The predicted octanol–water partition coefficient (Wildman–Crippen LogP) is 2.45. The summed E-state index contributed by atoms with van der Waals surface area (Å²) in [5.41, 5.74) is 5.43. The minimum absolute atomic E-state index is 0.219. The largest absolute Gasteiger partial charge is 0.353 e. The van der Waals surface area contributed by atoms with Crippen LogP contribution in [0.2, 0.25) is 0 Å². The van der Waals surface area contributed by atoms with Crippen LogP contribution in [-0.2, 0) is 4.79 Å². The van der Waals surface area contributed by atoms with E-state index in [0.717, 1.165) is 19.3 Å². The van der Waals surface area contributed by atoms with Crippen molar-refractivity contribution in [3.8, 4) is 0 Å². The summed E-state index contributed by atoms with van der Waals surface area (Å²) >= 11 is 0. The van der Waals surface area contributed by atoms with Crippen molar-refractivity contribution in [2.75, 3.05) is 6.54 Å². The van der Waals surface area contributed by atoms with Gasteiger partial charge in [-0.05, 0) is 44.1 Å². The Labute approximate surface area is 106 Å². The summed E-state index contributed by atoms with van der Waals surface area (Å²) in [6.45, 7) is 5.22. The van der Waals surface area contributed by atoms with Gasteiger partial charge in [-0.2, -0.15) is 0 Å². The van der Waals surface area contributed by atoms with Crippen LogP contribution in [0.4, 0.5) is 0 Å². The zero-order chi connectivity index (χ0) is 12.7. The third-order valence-corrected chi connectivity index (χ3v) is 3.88. The van der Waals surface area contributed by atoms with Crippen LogP contribution in [0.25, 0.3) is 0 Å². The molecule has 1 aliphatic carbocycles. The molecule has 1 fully saturated rings. The van der Waals surface area contributed by atoms with Crippen LogP contribution in [0, 0.1) is 11.8 Å². The number of hydrogen-bond donors (Lipinski definition) is 2. The second-order valence-corrected chi connectivity index (χ2v) is 5.61. The fourth-order valence-electron chi connectivity index (χ4n) is 2.85. The second kappa shape index (κ2) is 7.70. The van der Waals surface area contributed by atoms with E-state index < -0.39 is 0 Å². The molecule has 0 spiro atoms. The topological polar surface area (TPSA) is 55.1 Å². The van der Waals surface area contributed by atoms with Crippen LogP contribution in [0.15, 0.2) is 0 Å².